The molecule has 0 amide bonds. The molecule has 0 saturated carbocycles. The predicted octanol–water partition coefficient (Wildman–Crippen LogP) is 1.84. The average molecular weight is 267 g/mol. The molecule has 2 N–H and O–H groups in total. The quantitative estimate of drug-likeness (QED) is 0.786. The van der Waals surface area contributed by atoms with Crippen molar-refractivity contribution in [3.8, 4) is 11.3 Å². The largest absolute Gasteiger partial charge is 0.335 e. The number of aryl methyl sites for hydroxylation is 2. The first-order valence-electron chi connectivity index (χ1n) is 6.63. The minimum Gasteiger partial charge on any atom is -0.335 e. The fourth-order valence-electron chi connectivity index (χ4n) is 2.52. The number of hydrogen-bond donors (Lipinski definition) is 1. The third-order valence-corrected chi connectivity index (χ3v) is 3.36. The number of fused-ring (bicyclic) bond motifs is 1. The first kappa shape index (κ1) is 12.7. The molecule has 0 fully saturated rings. The van der Waals surface area contributed by atoms with Gasteiger partial charge in [0.2, 0.25) is 0 Å². The third-order valence-electron chi connectivity index (χ3n) is 3.36. The van der Waals surface area contributed by atoms with E-state index in [0.717, 1.165) is 34.5 Å². The van der Waals surface area contributed by atoms with Gasteiger partial charge in [0.25, 0.3) is 0 Å². The molecular weight excluding hydrogens is 250 g/mol. The van der Waals surface area contributed by atoms with Crippen LogP contribution in [0.25, 0.3) is 22.3 Å². The van der Waals surface area contributed by atoms with Gasteiger partial charge in [0.1, 0.15) is 11.5 Å². The minimum atomic E-state index is 0.611. The maximum absolute atomic E-state index is 5.72. The third kappa shape index (κ3) is 2.06. The zero-order valence-corrected chi connectivity index (χ0v) is 11.7. The van der Waals surface area contributed by atoms with Crippen molar-refractivity contribution >= 4 is 11.0 Å². The molecular formula is C15H17N5. The van der Waals surface area contributed by atoms with Gasteiger partial charge in [-0.15, -0.1) is 0 Å². The van der Waals surface area contributed by atoms with Crippen molar-refractivity contribution in [3.05, 3.63) is 42.1 Å². The van der Waals surface area contributed by atoms with Crippen molar-refractivity contribution < 1.29 is 0 Å². The highest BCUT2D eigenvalue weighted by atomic mass is 15.0. The van der Waals surface area contributed by atoms with Crippen LogP contribution >= 0.6 is 0 Å². The lowest BCUT2D eigenvalue weighted by Crippen LogP contribution is -2.03. The van der Waals surface area contributed by atoms with Gasteiger partial charge in [-0.3, -0.25) is 4.98 Å². The van der Waals surface area contributed by atoms with E-state index in [0.29, 0.717) is 6.54 Å². The smallest absolute Gasteiger partial charge is 0.144 e. The van der Waals surface area contributed by atoms with Gasteiger partial charge in [-0.1, -0.05) is 0 Å². The van der Waals surface area contributed by atoms with Crippen molar-refractivity contribution in [1.82, 2.24) is 19.5 Å². The highest BCUT2D eigenvalue weighted by Crippen LogP contribution is 2.29. The normalized spacial score (nSPS) is 11.2. The van der Waals surface area contributed by atoms with Crippen LogP contribution < -0.4 is 5.73 Å². The molecule has 3 heterocycles. The van der Waals surface area contributed by atoms with Gasteiger partial charge in [-0.05, 0) is 37.6 Å². The molecule has 5 nitrogen and oxygen atoms in total. The second-order valence-corrected chi connectivity index (χ2v) is 4.86. The topological polar surface area (TPSA) is 69.6 Å². The minimum absolute atomic E-state index is 0.611. The number of hydrogen-bond acceptors (Lipinski definition) is 4. The molecule has 0 unspecified atom stereocenters. The van der Waals surface area contributed by atoms with E-state index in [-0.39, 0.29) is 0 Å². The Morgan fingerprint density at radius 2 is 2.15 bits per heavy atom. The average Bonchev–Trinajstić information content (AvgIpc) is 2.76. The van der Waals surface area contributed by atoms with E-state index in [1.807, 2.05) is 36.9 Å². The van der Waals surface area contributed by atoms with Crippen LogP contribution in [-0.4, -0.2) is 26.1 Å². The predicted molar refractivity (Wildman–Crippen MR) is 79.2 cm³/mol. The number of nitrogens with zero attached hydrogens (tertiary/aromatic N) is 4. The van der Waals surface area contributed by atoms with Gasteiger partial charge in [0, 0.05) is 36.6 Å². The summed E-state index contributed by atoms with van der Waals surface area (Å²) in [7, 11) is 2.00. The Morgan fingerprint density at radius 1 is 1.30 bits per heavy atom. The second kappa shape index (κ2) is 5.02. The molecule has 3 aromatic heterocycles. The van der Waals surface area contributed by atoms with Gasteiger partial charge in [-0.25, -0.2) is 9.97 Å². The summed E-state index contributed by atoms with van der Waals surface area (Å²) in [6, 6.07) is 3.94. The van der Waals surface area contributed by atoms with Crippen molar-refractivity contribution in [2.24, 2.45) is 12.8 Å². The molecule has 3 aromatic rings. The van der Waals surface area contributed by atoms with Crippen LogP contribution in [0.3, 0.4) is 0 Å². The summed E-state index contributed by atoms with van der Waals surface area (Å²) in [6.45, 7) is 2.52. The van der Waals surface area contributed by atoms with E-state index >= 15 is 0 Å². The van der Waals surface area contributed by atoms with Crippen LogP contribution in [0, 0.1) is 6.92 Å². The number of nitrogens with two attached hydrogens (primary N) is 1. The van der Waals surface area contributed by atoms with Gasteiger partial charge < -0.3 is 10.3 Å². The monoisotopic (exact) mass is 267 g/mol. The molecule has 0 radical (unpaired) electrons. The van der Waals surface area contributed by atoms with E-state index in [1.54, 1.807) is 6.20 Å². The Bertz CT molecular complexity index is 746. The first-order valence-corrected chi connectivity index (χ1v) is 6.63. The van der Waals surface area contributed by atoms with E-state index in [9.17, 15) is 0 Å². The molecule has 0 aromatic carbocycles. The fourth-order valence-corrected chi connectivity index (χ4v) is 2.52. The molecule has 5 heteroatoms. The zero-order chi connectivity index (χ0) is 14.1. The molecule has 0 saturated heterocycles. The second-order valence-electron chi connectivity index (χ2n) is 4.86. The van der Waals surface area contributed by atoms with E-state index < -0.39 is 0 Å². The van der Waals surface area contributed by atoms with Gasteiger partial charge in [0.05, 0.1) is 5.69 Å². The summed E-state index contributed by atoms with van der Waals surface area (Å²) < 4.78 is 2.04. The maximum Gasteiger partial charge on any atom is 0.144 e. The highest BCUT2D eigenvalue weighted by Gasteiger charge is 2.15. The Labute approximate surface area is 117 Å². The van der Waals surface area contributed by atoms with Crippen LogP contribution in [0.1, 0.15) is 11.4 Å². The van der Waals surface area contributed by atoms with Gasteiger partial charge in [-0.2, -0.15) is 0 Å². The first-order chi connectivity index (χ1) is 9.70. The number of rotatable bonds is 3. The number of aromatic nitrogens is 4. The summed E-state index contributed by atoms with van der Waals surface area (Å²) in [5.74, 6) is 0.761. The molecule has 0 aliphatic rings. The van der Waals surface area contributed by atoms with Crippen molar-refractivity contribution in [1.29, 1.82) is 0 Å². The summed E-state index contributed by atoms with van der Waals surface area (Å²) in [4.78, 5) is 13.4. The van der Waals surface area contributed by atoms with Gasteiger partial charge in [0.15, 0.2) is 0 Å². The molecule has 0 spiro atoms. The lowest BCUT2D eigenvalue weighted by molar-refractivity contribution is 0.913. The molecule has 3 rings (SSSR count). The molecule has 0 aliphatic heterocycles. The molecule has 0 aliphatic carbocycles. The Kier molecular flexibility index (Phi) is 3.20. The SMILES string of the molecule is Cc1nc(-c2cccnc2)c2c(CCN)cn(C)c2n1. The highest BCUT2D eigenvalue weighted by molar-refractivity contribution is 5.93. The summed E-state index contributed by atoms with van der Waals surface area (Å²) in [5.41, 5.74) is 9.79. The maximum atomic E-state index is 5.72. The summed E-state index contributed by atoms with van der Waals surface area (Å²) in [6.07, 6.45) is 6.50. The summed E-state index contributed by atoms with van der Waals surface area (Å²) >= 11 is 0. The Hall–Kier alpha value is -2.27. The van der Waals surface area contributed by atoms with Crippen molar-refractivity contribution in [3.63, 3.8) is 0 Å². The Morgan fingerprint density at radius 3 is 2.85 bits per heavy atom. The van der Waals surface area contributed by atoms with Crippen LogP contribution in [0.4, 0.5) is 0 Å². The Balaban J connectivity index is 2.35. The standard InChI is InChI=1S/C15H17N5/c1-10-18-14(11-4-3-7-17-8-11)13-12(5-6-16)9-20(2)15(13)19-10/h3-4,7-9H,5-6,16H2,1-2H3. The lowest BCUT2D eigenvalue weighted by atomic mass is 10.1. The van der Waals surface area contributed by atoms with E-state index in [4.69, 9.17) is 5.73 Å². The number of pyridine rings is 1. The van der Waals surface area contributed by atoms with Crippen LogP contribution in [0.15, 0.2) is 30.7 Å². The van der Waals surface area contributed by atoms with E-state index in [1.165, 1.54) is 5.56 Å². The van der Waals surface area contributed by atoms with Gasteiger partial charge >= 0.3 is 0 Å². The van der Waals surface area contributed by atoms with Crippen molar-refractivity contribution in [2.75, 3.05) is 6.54 Å². The molecule has 20 heavy (non-hydrogen) atoms. The summed E-state index contributed by atoms with van der Waals surface area (Å²) in [5, 5.41) is 1.08. The zero-order valence-electron chi connectivity index (χ0n) is 11.7. The molecule has 102 valence electrons. The lowest BCUT2D eigenvalue weighted by Gasteiger charge is -2.06. The van der Waals surface area contributed by atoms with Crippen LogP contribution in [-0.2, 0) is 13.5 Å². The fraction of sp³-hybridized carbons (Fsp3) is 0.267. The molecule has 0 bridgehead atoms. The molecule has 0 atom stereocenters. The van der Waals surface area contributed by atoms with Crippen molar-refractivity contribution in [2.45, 2.75) is 13.3 Å². The van der Waals surface area contributed by atoms with Crippen LogP contribution in [0.5, 0.6) is 0 Å². The van der Waals surface area contributed by atoms with E-state index in [2.05, 4.69) is 21.1 Å². The van der Waals surface area contributed by atoms with Crippen LogP contribution in [0.2, 0.25) is 0 Å².